The third-order valence-electron chi connectivity index (χ3n) is 6.22. The molecule has 0 saturated carbocycles. The molecule has 0 spiro atoms. The third-order valence-corrected chi connectivity index (χ3v) is 12.0. The molecule has 270 valence electrons. The zero-order valence-corrected chi connectivity index (χ0v) is 36.1. The van der Waals surface area contributed by atoms with Gasteiger partial charge in [-0.1, -0.05) is 0 Å². The molecule has 11 atom stereocenters. The van der Waals surface area contributed by atoms with Crippen LogP contribution in [0.3, 0.4) is 0 Å². The van der Waals surface area contributed by atoms with Gasteiger partial charge in [-0.25, -0.2) is 22.5 Å². The minimum Gasteiger partial charge on any atom is -0.756 e. The minimum atomic E-state index is -6.59. The summed E-state index contributed by atoms with van der Waals surface area (Å²) >= 11 is 0. The van der Waals surface area contributed by atoms with E-state index in [1.807, 2.05) is 4.98 Å². The Hall–Kier alpha value is 1.55. The standard InChI is InChI=1S/C18H27N5O21P4.K.2Li.Na/c19-11-1-3-22(17(28)20-11)13-5-8(24)9(40-13)6-38-45(30,31)42-47(34,35)44-48(36,37)43-46(32,33)39-7-10-14(26)15(27)16(41-10)23-4-2-12(25)21-18(23)29;;;;/h1-4,8-10,13-16,24,26-27H,5-7H2,(H,30,31)(H,32,33)(H,34,35)(H,36,37)(H2,19,20,28)(H,21,25,29);;;;/q;4*+1/p-4/t8-,9-,10-,13-,14-,15-,16-;;;;/m1..../s1. The number of aromatic nitrogens is 4. The second-order valence-corrected chi connectivity index (χ2v) is 15.7. The average Bonchev–Trinajstić information content (AvgIpc) is 3.42. The smallest absolute Gasteiger partial charge is 0.756 e. The van der Waals surface area contributed by atoms with Crippen LogP contribution in [0.4, 0.5) is 5.82 Å². The van der Waals surface area contributed by atoms with Crippen molar-refractivity contribution in [1.29, 1.82) is 0 Å². The number of ether oxygens (including phenoxy) is 2. The molecule has 2 saturated heterocycles. The molecule has 4 rings (SSSR count). The van der Waals surface area contributed by atoms with Crippen LogP contribution in [0.1, 0.15) is 18.9 Å². The molecule has 4 unspecified atom stereocenters. The molecule has 2 aromatic heterocycles. The number of hydrogen-bond donors (Lipinski definition) is 5. The van der Waals surface area contributed by atoms with Gasteiger partial charge in [-0.2, -0.15) is 4.98 Å². The number of aliphatic hydroxyl groups is 3. The summed E-state index contributed by atoms with van der Waals surface area (Å²) in [5, 5.41) is 30.4. The van der Waals surface area contributed by atoms with Crippen molar-refractivity contribution in [3.05, 3.63) is 55.8 Å². The molecular weight excluding hydrogens is 822 g/mol. The number of anilines is 1. The number of aromatic amines is 1. The summed E-state index contributed by atoms with van der Waals surface area (Å²) in [5.41, 5.74) is 2.58. The van der Waals surface area contributed by atoms with Crippen LogP contribution in [0.5, 0.6) is 0 Å². The molecule has 34 heteroatoms. The Morgan fingerprint density at radius 1 is 0.827 bits per heavy atom. The summed E-state index contributed by atoms with van der Waals surface area (Å²) < 4.78 is 79.0. The summed E-state index contributed by atoms with van der Waals surface area (Å²) in [4.78, 5) is 88.4. The van der Waals surface area contributed by atoms with E-state index in [2.05, 4.69) is 27.0 Å². The van der Waals surface area contributed by atoms with Gasteiger partial charge in [-0.15, -0.1) is 0 Å². The van der Waals surface area contributed by atoms with E-state index in [1.165, 1.54) is 12.3 Å². The summed E-state index contributed by atoms with van der Waals surface area (Å²) in [5.74, 6) is -0.125. The Labute approximate surface area is 379 Å². The number of phosphoric acid groups is 4. The van der Waals surface area contributed by atoms with Crippen LogP contribution in [0.25, 0.3) is 0 Å². The summed E-state index contributed by atoms with van der Waals surface area (Å²) in [6.07, 6.45) is -9.78. The summed E-state index contributed by atoms with van der Waals surface area (Å²) in [7, 11) is -25.4. The zero-order chi connectivity index (χ0) is 35.8. The van der Waals surface area contributed by atoms with Crippen molar-refractivity contribution >= 4 is 37.1 Å². The predicted molar refractivity (Wildman–Crippen MR) is 140 cm³/mol. The van der Waals surface area contributed by atoms with Crippen LogP contribution >= 0.6 is 31.3 Å². The second-order valence-electron chi connectivity index (χ2n) is 9.66. The van der Waals surface area contributed by atoms with Crippen LogP contribution < -0.4 is 161 Å². The quantitative estimate of drug-likeness (QED) is 0.0870. The number of rotatable bonds is 14. The fraction of sp³-hybridized carbons (Fsp3) is 0.556. The van der Waals surface area contributed by atoms with Gasteiger partial charge in [0.15, 0.2) is 6.23 Å². The normalized spacial score (nSPS) is 28.6. The maximum absolute atomic E-state index is 12.0. The molecule has 52 heavy (non-hydrogen) atoms. The Bertz CT molecular complexity index is 1890. The number of phosphoric ester groups is 2. The van der Waals surface area contributed by atoms with Crippen molar-refractivity contribution in [2.24, 2.45) is 0 Å². The topological polar surface area (TPSA) is 402 Å². The van der Waals surface area contributed by atoms with Crippen molar-refractivity contribution in [2.45, 2.75) is 49.4 Å². The molecule has 6 N–H and O–H groups in total. The number of nitrogens with two attached hydrogens (primary N) is 1. The Balaban J connectivity index is 0.00000650. The largest absolute Gasteiger partial charge is 1.00 e. The molecule has 0 aromatic carbocycles. The summed E-state index contributed by atoms with van der Waals surface area (Å²) in [6.45, 7) is -2.44. The first-order valence-electron chi connectivity index (χ1n) is 12.8. The van der Waals surface area contributed by atoms with Gasteiger partial charge in [-0.05, 0) is 6.07 Å². The van der Waals surface area contributed by atoms with Gasteiger partial charge in [0.1, 0.15) is 36.5 Å². The van der Waals surface area contributed by atoms with Crippen molar-refractivity contribution in [3.8, 4) is 0 Å². The van der Waals surface area contributed by atoms with E-state index in [-0.39, 0.29) is 131 Å². The molecule has 0 aliphatic carbocycles. The summed E-state index contributed by atoms with van der Waals surface area (Å²) in [6, 6.07) is 2.07. The van der Waals surface area contributed by atoms with E-state index < -0.39 is 104 Å². The van der Waals surface area contributed by atoms with Gasteiger partial charge in [0.2, 0.25) is 0 Å². The number of H-pyrrole nitrogens is 1. The van der Waals surface area contributed by atoms with E-state index in [0.29, 0.717) is 4.57 Å². The Morgan fingerprint density at radius 2 is 1.33 bits per heavy atom. The minimum absolute atomic E-state index is 0. The van der Waals surface area contributed by atoms with Crippen molar-refractivity contribution < 1.29 is 203 Å². The van der Waals surface area contributed by atoms with Gasteiger partial charge in [0.25, 0.3) is 36.9 Å². The fourth-order valence-electron chi connectivity index (χ4n) is 4.18. The first-order valence-corrected chi connectivity index (χ1v) is 18.6. The molecule has 4 heterocycles. The monoisotopic (exact) mass is 845 g/mol. The number of nitrogens with one attached hydrogen (secondary N) is 1. The van der Waals surface area contributed by atoms with E-state index in [4.69, 9.17) is 15.2 Å². The number of aliphatic hydroxyl groups excluding tert-OH is 3. The first kappa shape index (κ1) is 53.6. The van der Waals surface area contributed by atoms with E-state index in [0.717, 1.165) is 16.8 Å². The van der Waals surface area contributed by atoms with Gasteiger partial charge >= 0.3 is 130 Å². The third kappa shape index (κ3) is 15.1. The maximum atomic E-state index is 12.0. The molecule has 2 aliphatic heterocycles. The van der Waals surface area contributed by atoms with Gasteiger partial charge in [0, 0.05) is 24.9 Å². The second kappa shape index (κ2) is 21.5. The Kier molecular flexibility index (Phi) is 22.2. The van der Waals surface area contributed by atoms with Crippen LogP contribution in [0.15, 0.2) is 38.9 Å². The van der Waals surface area contributed by atoms with Crippen LogP contribution in [0.2, 0.25) is 0 Å². The van der Waals surface area contributed by atoms with E-state index in [1.54, 1.807) is 0 Å². The van der Waals surface area contributed by atoms with E-state index >= 15 is 0 Å². The van der Waals surface area contributed by atoms with Gasteiger partial charge in [0.05, 0.1) is 19.3 Å². The molecule has 0 radical (unpaired) electrons. The zero-order valence-electron chi connectivity index (χ0n) is 27.4. The van der Waals surface area contributed by atoms with Crippen LogP contribution in [-0.2, 0) is 49.7 Å². The van der Waals surface area contributed by atoms with Crippen molar-refractivity contribution in [2.75, 3.05) is 18.9 Å². The predicted octanol–water partition coefficient (Wildman–Crippen LogP) is -17.4. The average molecular weight is 845 g/mol. The number of nitrogens with zero attached hydrogens (tertiary/aromatic N) is 3. The molecule has 2 aliphatic rings. The Morgan fingerprint density at radius 3 is 1.85 bits per heavy atom. The fourth-order valence-corrected chi connectivity index (χ4v) is 8.93. The van der Waals surface area contributed by atoms with Crippen molar-refractivity contribution in [1.82, 2.24) is 19.1 Å². The molecular formula is C18H23KLi2N5NaO21P4. The number of hydrogen-bond acceptors (Lipinski definition) is 23. The SMILES string of the molecule is Nc1ccn([C@H]2C[C@@H](O)[C@@H](COP(=O)([O-])OP(=O)([O-])OP(=O)([O-])OP(=O)([O-])OC[C@H]3O[C@@H](n4ccc(=O)[nH]c4=O)[C@H](O)[C@@H]3O)O2)c(=O)n1.[K+].[Li+].[Li+].[Na+]. The first-order chi connectivity index (χ1) is 22.1. The molecule has 0 amide bonds. The van der Waals surface area contributed by atoms with Crippen LogP contribution in [-0.4, -0.2) is 78.2 Å². The molecule has 0 bridgehead atoms. The number of nitrogen functional groups attached to an aromatic ring is 1. The van der Waals surface area contributed by atoms with Crippen molar-refractivity contribution in [3.63, 3.8) is 0 Å². The van der Waals surface area contributed by atoms with E-state index in [9.17, 15) is 67.5 Å². The van der Waals surface area contributed by atoms with Crippen LogP contribution in [0, 0.1) is 0 Å². The molecule has 2 aromatic rings. The maximum Gasteiger partial charge on any atom is 1.00 e. The van der Waals surface area contributed by atoms with Gasteiger partial charge < -0.3 is 59.1 Å². The molecule has 26 nitrogen and oxygen atoms in total. The molecule has 2 fully saturated rings. The van der Waals surface area contributed by atoms with Gasteiger partial charge in [-0.3, -0.25) is 37.2 Å².